The summed E-state index contributed by atoms with van der Waals surface area (Å²) in [5, 5.41) is 43.8. The fraction of sp³-hybridized carbons (Fsp3) is 0. The normalized spacial score (nSPS) is 11.0. The third kappa shape index (κ3) is 3.79. The zero-order chi connectivity index (χ0) is 31.4. The first-order chi connectivity index (χ1) is 22.6. The van der Waals surface area contributed by atoms with Crippen LogP contribution in [0, 0.1) is 45.3 Å². The maximum atomic E-state index is 10.4. The molecule has 46 heavy (non-hydrogen) atoms. The summed E-state index contributed by atoms with van der Waals surface area (Å²) < 4.78 is 4.17. The first-order valence-corrected chi connectivity index (χ1v) is 14.6. The Hall–Kier alpha value is -7.12. The number of rotatable bonds is 3. The van der Waals surface area contributed by atoms with Crippen molar-refractivity contribution in [2.75, 3.05) is 0 Å². The van der Waals surface area contributed by atoms with E-state index in [1.807, 2.05) is 109 Å². The maximum absolute atomic E-state index is 10.4. The number of fused-ring (bicyclic) bond motifs is 6. The quantitative estimate of drug-likeness (QED) is 0.207. The Morgan fingerprint density at radius 3 is 1.59 bits per heavy atom. The predicted molar refractivity (Wildman–Crippen MR) is 179 cm³/mol. The Bertz CT molecular complexity index is 2750. The van der Waals surface area contributed by atoms with Gasteiger partial charge in [0.15, 0.2) is 0 Å². The van der Waals surface area contributed by atoms with E-state index >= 15 is 0 Å². The van der Waals surface area contributed by atoms with E-state index in [0.29, 0.717) is 27.9 Å². The molecule has 0 saturated carbocycles. The molecule has 0 saturated heterocycles. The van der Waals surface area contributed by atoms with Crippen LogP contribution in [-0.4, -0.2) is 9.13 Å². The van der Waals surface area contributed by atoms with E-state index in [2.05, 4.69) is 33.4 Å². The van der Waals surface area contributed by atoms with Crippen molar-refractivity contribution >= 4 is 43.6 Å². The molecule has 6 aromatic carbocycles. The van der Waals surface area contributed by atoms with Crippen LogP contribution in [0.15, 0.2) is 121 Å². The van der Waals surface area contributed by atoms with E-state index in [-0.39, 0.29) is 0 Å². The third-order valence-corrected chi connectivity index (χ3v) is 8.65. The van der Waals surface area contributed by atoms with Gasteiger partial charge in [0.25, 0.3) is 0 Å². The SMILES string of the molecule is N#Cc1ccc2c(c1)c1ccccc1n2-c1cc(-c2cccc(C#N)c2-n2c3ccccc3c3cc(C#N)ccc32)ccc1C#N. The van der Waals surface area contributed by atoms with Gasteiger partial charge in [0.1, 0.15) is 12.1 Å². The van der Waals surface area contributed by atoms with Gasteiger partial charge in [0.05, 0.1) is 67.8 Å². The van der Waals surface area contributed by atoms with E-state index in [1.54, 1.807) is 12.1 Å². The number of hydrogen-bond acceptors (Lipinski definition) is 4. The lowest BCUT2D eigenvalue weighted by Crippen LogP contribution is -2.02. The summed E-state index contributed by atoms with van der Waals surface area (Å²) in [6, 6.07) is 47.9. The van der Waals surface area contributed by atoms with Gasteiger partial charge in [-0.3, -0.25) is 0 Å². The molecular formula is C40H20N6. The number of hydrogen-bond donors (Lipinski definition) is 0. The van der Waals surface area contributed by atoms with E-state index < -0.39 is 0 Å². The van der Waals surface area contributed by atoms with E-state index in [0.717, 1.165) is 60.4 Å². The second-order valence-electron chi connectivity index (χ2n) is 11.0. The predicted octanol–water partition coefficient (Wildman–Crippen LogP) is 9.03. The first kappa shape index (κ1) is 26.5. The van der Waals surface area contributed by atoms with Crippen LogP contribution < -0.4 is 0 Å². The van der Waals surface area contributed by atoms with Crippen LogP contribution >= 0.6 is 0 Å². The topological polar surface area (TPSA) is 105 Å². The molecule has 0 N–H and O–H groups in total. The number of nitriles is 4. The largest absolute Gasteiger partial charge is 0.308 e. The monoisotopic (exact) mass is 584 g/mol. The van der Waals surface area contributed by atoms with Crippen molar-refractivity contribution in [3.63, 3.8) is 0 Å². The highest BCUT2D eigenvalue weighted by molar-refractivity contribution is 6.11. The number of aromatic nitrogens is 2. The van der Waals surface area contributed by atoms with Crippen LogP contribution in [0.1, 0.15) is 22.3 Å². The van der Waals surface area contributed by atoms with Crippen LogP contribution in [0.2, 0.25) is 0 Å². The van der Waals surface area contributed by atoms with E-state index in [4.69, 9.17) is 0 Å². The first-order valence-electron chi connectivity index (χ1n) is 14.6. The van der Waals surface area contributed by atoms with Crippen molar-refractivity contribution < 1.29 is 0 Å². The van der Waals surface area contributed by atoms with E-state index in [9.17, 15) is 21.0 Å². The highest BCUT2D eigenvalue weighted by Crippen LogP contribution is 2.40. The summed E-state index contributed by atoms with van der Waals surface area (Å²) in [4.78, 5) is 0. The van der Waals surface area contributed by atoms with Gasteiger partial charge in [-0.2, -0.15) is 21.0 Å². The van der Waals surface area contributed by atoms with Gasteiger partial charge in [-0.15, -0.1) is 0 Å². The molecule has 2 heterocycles. The lowest BCUT2D eigenvalue weighted by Gasteiger charge is -2.17. The van der Waals surface area contributed by atoms with Gasteiger partial charge in [0, 0.05) is 27.1 Å². The van der Waals surface area contributed by atoms with Crippen LogP contribution in [-0.2, 0) is 0 Å². The standard InChI is InChI=1S/C40H20N6/c41-21-25-12-16-37-33(18-25)31-7-1-3-10-35(31)45(37)39-20-27(14-15-28(39)23-43)30-9-5-6-29(24-44)40(30)46-36-11-4-2-8-32(36)34-19-26(22-42)13-17-38(34)46/h1-20H. The zero-order valence-electron chi connectivity index (χ0n) is 24.2. The summed E-state index contributed by atoms with van der Waals surface area (Å²) in [5.41, 5.74) is 8.80. The van der Waals surface area contributed by atoms with Gasteiger partial charge in [0.2, 0.25) is 0 Å². The average molecular weight is 585 g/mol. The Balaban J connectivity index is 1.45. The molecule has 0 spiro atoms. The molecule has 6 nitrogen and oxygen atoms in total. The van der Waals surface area contributed by atoms with Crippen molar-refractivity contribution in [1.82, 2.24) is 9.13 Å². The van der Waals surface area contributed by atoms with Crippen LogP contribution in [0.25, 0.3) is 66.1 Å². The molecule has 8 rings (SSSR count). The average Bonchev–Trinajstić information content (AvgIpc) is 3.62. The smallest absolute Gasteiger partial charge is 0.101 e. The minimum Gasteiger partial charge on any atom is -0.308 e. The lowest BCUT2D eigenvalue weighted by atomic mass is 9.97. The minimum absolute atomic E-state index is 0.495. The molecule has 6 heteroatoms. The van der Waals surface area contributed by atoms with Crippen LogP contribution in [0.5, 0.6) is 0 Å². The fourth-order valence-corrected chi connectivity index (χ4v) is 6.67. The lowest BCUT2D eigenvalue weighted by molar-refractivity contribution is 1.16. The highest BCUT2D eigenvalue weighted by Gasteiger charge is 2.21. The van der Waals surface area contributed by atoms with Gasteiger partial charge >= 0.3 is 0 Å². The fourth-order valence-electron chi connectivity index (χ4n) is 6.67. The third-order valence-electron chi connectivity index (χ3n) is 8.65. The molecule has 0 atom stereocenters. The molecule has 2 aromatic heterocycles. The van der Waals surface area contributed by atoms with Crippen molar-refractivity contribution in [1.29, 1.82) is 21.0 Å². The van der Waals surface area contributed by atoms with Crippen LogP contribution in [0.4, 0.5) is 0 Å². The van der Waals surface area contributed by atoms with E-state index in [1.165, 1.54) is 0 Å². The molecule has 8 aromatic rings. The number of nitrogens with zero attached hydrogens (tertiary/aromatic N) is 6. The summed E-state index contributed by atoms with van der Waals surface area (Å²) >= 11 is 0. The maximum Gasteiger partial charge on any atom is 0.101 e. The second-order valence-corrected chi connectivity index (χ2v) is 11.0. The summed E-state index contributed by atoms with van der Waals surface area (Å²) in [7, 11) is 0. The molecule has 0 aliphatic carbocycles. The van der Waals surface area contributed by atoms with Gasteiger partial charge in [-0.1, -0.05) is 54.6 Å². The minimum atomic E-state index is 0.495. The van der Waals surface area contributed by atoms with Gasteiger partial charge < -0.3 is 9.13 Å². The molecule has 0 fully saturated rings. The Morgan fingerprint density at radius 2 is 0.978 bits per heavy atom. The van der Waals surface area contributed by atoms with Gasteiger partial charge in [-0.05, 0) is 72.3 Å². The Morgan fingerprint density at radius 1 is 0.413 bits per heavy atom. The van der Waals surface area contributed by atoms with Crippen molar-refractivity contribution in [2.45, 2.75) is 0 Å². The van der Waals surface area contributed by atoms with Crippen molar-refractivity contribution in [3.8, 4) is 46.8 Å². The Labute approximate surface area is 263 Å². The molecule has 0 radical (unpaired) electrons. The highest BCUT2D eigenvalue weighted by atomic mass is 15.0. The van der Waals surface area contributed by atoms with Crippen LogP contribution in [0.3, 0.4) is 0 Å². The zero-order valence-corrected chi connectivity index (χ0v) is 24.2. The molecule has 210 valence electrons. The molecule has 0 aliphatic rings. The molecule has 0 amide bonds. The van der Waals surface area contributed by atoms with Crippen molar-refractivity contribution in [2.24, 2.45) is 0 Å². The summed E-state index contributed by atoms with van der Waals surface area (Å²) in [6.45, 7) is 0. The molecule has 0 unspecified atom stereocenters. The number of para-hydroxylation sites is 3. The van der Waals surface area contributed by atoms with Gasteiger partial charge in [-0.25, -0.2) is 0 Å². The molecule has 0 aliphatic heterocycles. The Kier molecular flexibility index (Phi) is 5.91. The molecular weight excluding hydrogens is 564 g/mol. The molecule has 0 bridgehead atoms. The number of benzene rings is 6. The summed E-state index contributed by atoms with van der Waals surface area (Å²) in [5.74, 6) is 0. The summed E-state index contributed by atoms with van der Waals surface area (Å²) in [6.07, 6.45) is 0. The second kappa shape index (κ2) is 10.3. The van der Waals surface area contributed by atoms with Crippen molar-refractivity contribution in [3.05, 3.63) is 144 Å².